The fourth-order valence-corrected chi connectivity index (χ4v) is 3.18. The molecule has 0 spiro atoms. The first-order valence-electron chi connectivity index (χ1n) is 8.23. The number of hydrogen-bond donors (Lipinski definition) is 1. The van der Waals surface area contributed by atoms with Gasteiger partial charge in [0.15, 0.2) is 0 Å². The van der Waals surface area contributed by atoms with Crippen molar-refractivity contribution in [2.75, 3.05) is 24.6 Å². The molecule has 2 aromatic rings. The summed E-state index contributed by atoms with van der Waals surface area (Å²) in [6.07, 6.45) is -0.107. The van der Waals surface area contributed by atoms with Gasteiger partial charge in [0.05, 0.1) is 36.5 Å². The third-order valence-electron chi connectivity index (χ3n) is 4.38. The number of hydrogen-bond acceptors (Lipinski definition) is 6. The minimum Gasteiger partial charge on any atom is -0.392 e. The molecule has 8 heteroatoms. The Labute approximate surface area is 145 Å². The molecule has 1 aliphatic rings. The second-order valence-electron chi connectivity index (χ2n) is 6.29. The van der Waals surface area contributed by atoms with Gasteiger partial charge < -0.3 is 14.7 Å². The van der Waals surface area contributed by atoms with Gasteiger partial charge >= 0.3 is 0 Å². The van der Waals surface area contributed by atoms with E-state index < -0.39 is 0 Å². The van der Waals surface area contributed by atoms with E-state index in [2.05, 4.69) is 5.10 Å². The van der Waals surface area contributed by atoms with E-state index >= 15 is 0 Å². The molecule has 1 atom stereocenters. The maximum Gasteiger partial charge on any atom is 0.292 e. The van der Waals surface area contributed by atoms with Crippen LogP contribution in [0.2, 0.25) is 0 Å². The van der Waals surface area contributed by atoms with Gasteiger partial charge in [0.25, 0.3) is 5.69 Å². The van der Waals surface area contributed by atoms with Gasteiger partial charge in [-0.05, 0) is 37.6 Å². The predicted octanol–water partition coefficient (Wildman–Crippen LogP) is 1.81. The average Bonchev–Trinajstić information content (AvgIpc) is 2.91. The molecule has 0 amide bonds. The Morgan fingerprint density at radius 1 is 1.40 bits per heavy atom. The van der Waals surface area contributed by atoms with Gasteiger partial charge in [-0.25, -0.2) is 0 Å². The number of benzene rings is 1. The van der Waals surface area contributed by atoms with E-state index in [0.717, 1.165) is 11.4 Å². The van der Waals surface area contributed by atoms with Crippen LogP contribution in [0.4, 0.5) is 11.4 Å². The fraction of sp³-hybridized carbons (Fsp3) is 0.471. The highest BCUT2D eigenvalue weighted by Crippen LogP contribution is 2.31. The molecule has 0 radical (unpaired) electrons. The molecule has 3 rings (SSSR count). The largest absolute Gasteiger partial charge is 0.392 e. The van der Waals surface area contributed by atoms with Gasteiger partial charge in [-0.2, -0.15) is 5.10 Å². The number of nitro groups is 1. The summed E-state index contributed by atoms with van der Waals surface area (Å²) < 4.78 is 7.74. The zero-order chi connectivity index (χ0) is 18.0. The van der Waals surface area contributed by atoms with E-state index in [0.29, 0.717) is 37.5 Å². The molecule has 1 N–H and O–H groups in total. The lowest BCUT2D eigenvalue weighted by atomic mass is 10.1. The molecule has 1 saturated heterocycles. The lowest BCUT2D eigenvalue weighted by molar-refractivity contribution is -0.384. The Bertz CT molecular complexity index is 774. The van der Waals surface area contributed by atoms with Gasteiger partial charge in [-0.3, -0.25) is 14.8 Å². The third kappa shape index (κ3) is 3.80. The summed E-state index contributed by atoms with van der Waals surface area (Å²) in [6.45, 7) is 5.99. The lowest BCUT2D eigenvalue weighted by Gasteiger charge is -2.34. The number of nitrogens with zero attached hydrogens (tertiary/aromatic N) is 4. The van der Waals surface area contributed by atoms with E-state index in [4.69, 9.17) is 4.74 Å². The Morgan fingerprint density at radius 3 is 2.84 bits per heavy atom. The molecule has 8 nitrogen and oxygen atoms in total. The van der Waals surface area contributed by atoms with E-state index in [-0.39, 0.29) is 23.3 Å². The third-order valence-corrected chi connectivity index (χ3v) is 4.38. The van der Waals surface area contributed by atoms with Crippen molar-refractivity contribution in [3.05, 3.63) is 51.3 Å². The molecule has 1 unspecified atom stereocenters. The van der Waals surface area contributed by atoms with Crippen LogP contribution in [-0.2, 0) is 17.9 Å². The number of aryl methyl sites for hydroxylation is 2. The highest BCUT2D eigenvalue weighted by Gasteiger charge is 2.27. The summed E-state index contributed by atoms with van der Waals surface area (Å²) >= 11 is 0. The van der Waals surface area contributed by atoms with Gasteiger partial charge in [-0.1, -0.05) is 0 Å². The van der Waals surface area contributed by atoms with Gasteiger partial charge in [-0.15, -0.1) is 0 Å². The van der Waals surface area contributed by atoms with Gasteiger partial charge in [0.1, 0.15) is 5.69 Å². The minimum absolute atomic E-state index is 0.0453. The Balaban J connectivity index is 1.81. The molecule has 2 heterocycles. The molecule has 1 aromatic heterocycles. The second kappa shape index (κ2) is 7.20. The van der Waals surface area contributed by atoms with E-state index in [9.17, 15) is 15.2 Å². The highest BCUT2D eigenvalue weighted by atomic mass is 16.6. The van der Waals surface area contributed by atoms with Crippen LogP contribution < -0.4 is 4.90 Å². The van der Waals surface area contributed by atoms with Gasteiger partial charge in [0, 0.05) is 24.8 Å². The number of nitro benzene ring substituents is 1. The fourth-order valence-electron chi connectivity index (χ4n) is 3.18. The zero-order valence-electron chi connectivity index (χ0n) is 14.4. The molecule has 25 heavy (non-hydrogen) atoms. The number of aromatic nitrogens is 2. The Kier molecular flexibility index (Phi) is 5.00. The SMILES string of the molecule is Cc1cc(C)n(CC2CN(c3cc(CO)ccc3[N+](=O)[O-])CCO2)n1. The topological polar surface area (TPSA) is 93.7 Å². The molecule has 0 aliphatic carbocycles. The van der Waals surface area contributed by atoms with Crippen LogP contribution in [0.3, 0.4) is 0 Å². The predicted molar refractivity (Wildman–Crippen MR) is 92.7 cm³/mol. The normalized spacial score (nSPS) is 17.7. The number of anilines is 1. The standard InChI is InChI=1S/C17H22N4O4/c1-12-7-13(2)20(18-12)10-15-9-19(5-6-25-15)17-8-14(11-22)3-4-16(17)21(23)24/h3-4,7-8,15,22H,5-6,9-11H2,1-2H3. The van der Waals surface area contributed by atoms with Crippen LogP contribution in [0.15, 0.2) is 24.3 Å². The molecular formula is C17H22N4O4. The first-order chi connectivity index (χ1) is 12.0. The van der Waals surface area contributed by atoms with E-state index in [1.165, 1.54) is 6.07 Å². The molecule has 1 fully saturated rings. The zero-order valence-corrected chi connectivity index (χ0v) is 14.4. The van der Waals surface area contributed by atoms with Crippen molar-refractivity contribution in [2.24, 2.45) is 0 Å². The smallest absolute Gasteiger partial charge is 0.292 e. The summed E-state index contributed by atoms with van der Waals surface area (Å²) in [7, 11) is 0. The van der Waals surface area contributed by atoms with Crippen LogP contribution >= 0.6 is 0 Å². The maximum atomic E-state index is 11.4. The first-order valence-corrected chi connectivity index (χ1v) is 8.23. The van der Waals surface area contributed by atoms with Gasteiger partial charge in [0.2, 0.25) is 0 Å². The summed E-state index contributed by atoms with van der Waals surface area (Å²) in [4.78, 5) is 12.9. The van der Waals surface area contributed by atoms with E-state index in [1.807, 2.05) is 29.5 Å². The second-order valence-corrected chi connectivity index (χ2v) is 6.29. The molecule has 1 aromatic carbocycles. The van der Waals surface area contributed by atoms with Crippen LogP contribution in [0.5, 0.6) is 0 Å². The van der Waals surface area contributed by atoms with Crippen LogP contribution in [0.25, 0.3) is 0 Å². The number of ether oxygens (including phenoxy) is 1. The first kappa shape index (κ1) is 17.4. The maximum absolute atomic E-state index is 11.4. The van der Waals surface area contributed by atoms with Crippen LogP contribution in [-0.4, -0.2) is 45.6 Å². The van der Waals surface area contributed by atoms with Crippen molar-refractivity contribution in [3.63, 3.8) is 0 Å². The average molecular weight is 346 g/mol. The number of morpholine rings is 1. The number of aliphatic hydroxyl groups is 1. The monoisotopic (exact) mass is 346 g/mol. The van der Waals surface area contributed by atoms with Crippen molar-refractivity contribution in [1.82, 2.24) is 9.78 Å². The molecule has 0 saturated carbocycles. The molecule has 0 bridgehead atoms. The summed E-state index contributed by atoms with van der Waals surface area (Å²) in [5.74, 6) is 0. The highest BCUT2D eigenvalue weighted by molar-refractivity contribution is 5.64. The quantitative estimate of drug-likeness (QED) is 0.655. The number of aliphatic hydroxyl groups excluding tert-OH is 1. The van der Waals surface area contributed by atoms with Crippen molar-refractivity contribution in [2.45, 2.75) is 33.1 Å². The summed E-state index contributed by atoms with van der Waals surface area (Å²) in [5.41, 5.74) is 3.24. The molecule has 134 valence electrons. The molecule has 1 aliphatic heterocycles. The lowest BCUT2D eigenvalue weighted by Crippen LogP contribution is -2.44. The van der Waals surface area contributed by atoms with Crippen LogP contribution in [0.1, 0.15) is 17.0 Å². The van der Waals surface area contributed by atoms with E-state index in [1.54, 1.807) is 12.1 Å². The summed E-state index contributed by atoms with van der Waals surface area (Å²) in [6, 6.07) is 6.72. The minimum atomic E-state index is -0.387. The van der Waals surface area contributed by atoms with Crippen molar-refractivity contribution < 1.29 is 14.8 Å². The van der Waals surface area contributed by atoms with Crippen LogP contribution in [0, 0.1) is 24.0 Å². The Morgan fingerprint density at radius 2 is 2.20 bits per heavy atom. The van der Waals surface area contributed by atoms with Crippen molar-refractivity contribution in [3.8, 4) is 0 Å². The van der Waals surface area contributed by atoms with Crippen molar-refractivity contribution >= 4 is 11.4 Å². The van der Waals surface area contributed by atoms with Crippen molar-refractivity contribution in [1.29, 1.82) is 0 Å². The number of rotatable bonds is 5. The molecular weight excluding hydrogens is 324 g/mol. The summed E-state index contributed by atoms with van der Waals surface area (Å²) in [5, 5.41) is 25.2. The Hall–Kier alpha value is -2.45.